The van der Waals surface area contributed by atoms with Crippen molar-refractivity contribution < 1.29 is 31.1 Å². The van der Waals surface area contributed by atoms with Gasteiger partial charge >= 0.3 is 0 Å². The van der Waals surface area contributed by atoms with Crippen LogP contribution in [0.3, 0.4) is 0 Å². The molecule has 1 aliphatic heterocycles. The second-order valence-electron chi connectivity index (χ2n) is 8.18. The van der Waals surface area contributed by atoms with Gasteiger partial charge in [0, 0.05) is 43.7 Å². The van der Waals surface area contributed by atoms with Crippen LogP contribution in [0, 0.1) is 23.4 Å². The number of hydrogen-bond donors (Lipinski definition) is 1. The molecule has 34 heavy (non-hydrogen) atoms. The summed E-state index contributed by atoms with van der Waals surface area (Å²) in [5, 5.41) is 2.91. The van der Waals surface area contributed by atoms with Crippen molar-refractivity contribution in [3.05, 3.63) is 71.7 Å². The summed E-state index contributed by atoms with van der Waals surface area (Å²) in [5.74, 6) is -2.08. The Morgan fingerprint density at radius 1 is 1.06 bits per heavy atom. The molecule has 3 aromatic rings. The number of rotatable bonds is 8. The fraction of sp³-hybridized carbons (Fsp3) is 0.333. The van der Waals surface area contributed by atoms with Crippen molar-refractivity contribution in [2.45, 2.75) is 24.3 Å². The molecule has 1 aromatic heterocycles. The molecule has 182 valence electrons. The topological polar surface area (TPSA) is 69.6 Å². The Labute approximate surface area is 196 Å². The molecular formula is C24H25F3N2O4S. The van der Waals surface area contributed by atoms with E-state index < -0.39 is 32.4 Å². The lowest BCUT2D eigenvalue weighted by molar-refractivity contribution is 0.0497. The summed E-state index contributed by atoms with van der Waals surface area (Å²) >= 11 is 0. The predicted molar refractivity (Wildman–Crippen MR) is 121 cm³/mol. The van der Waals surface area contributed by atoms with E-state index in [-0.39, 0.29) is 11.3 Å². The lowest BCUT2D eigenvalue weighted by atomic mass is 10.0. The predicted octanol–water partition coefficient (Wildman–Crippen LogP) is 4.33. The molecule has 1 aliphatic rings. The molecule has 1 N–H and O–H groups in total. The highest BCUT2D eigenvalue weighted by Gasteiger charge is 2.25. The lowest BCUT2D eigenvalue weighted by Gasteiger charge is -2.22. The summed E-state index contributed by atoms with van der Waals surface area (Å²) < 4.78 is 81.0. The van der Waals surface area contributed by atoms with Gasteiger partial charge in [-0.15, -0.1) is 0 Å². The van der Waals surface area contributed by atoms with Gasteiger partial charge < -0.3 is 14.8 Å². The third kappa shape index (κ3) is 5.29. The van der Waals surface area contributed by atoms with Crippen LogP contribution in [0.5, 0.6) is 5.75 Å². The summed E-state index contributed by atoms with van der Waals surface area (Å²) in [4.78, 5) is -0.574. The van der Waals surface area contributed by atoms with Crippen LogP contribution in [0.2, 0.25) is 0 Å². The molecule has 0 unspecified atom stereocenters. The summed E-state index contributed by atoms with van der Waals surface area (Å²) in [6.45, 7) is 2.10. The van der Waals surface area contributed by atoms with Crippen molar-refractivity contribution in [2.24, 2.45) is 5.92 Å². The number of halogens is 3. The van der Waals surface area contributed by atoms with Gasteiger partial charge in [-0.1, -0.05) is 0 Å². The summed E-state index contributed by atoms with van der Waals surface area (Å²) in [6, 6.07) is 7.77. The van der Waals surface area contributed by atoms with Crippen LogP contribution in [0.1, 0.15) is 18.4 Å². The van der Waals surface area contributed by atoms with Crippen molar-refractivity contribution in [2.75, 3.05) is 26.9 Å². The molecule has 2 heterocycles. The van der Waals surface area contributed by atoms with Crippen molar-refractivity contribution in [3.8, 4) is 17.0 Å². The van der Waals surface area contributed by atoms with Gasteiger partial charge in [0.15, 0.2) is 0 Å². The van der Waals surface area contributed by atoms with Crippen LogP contribution in [-0.2, 0) is 21.3 Å². The maximum Gasteiger partial charge on any atom is 0.268 e. The number of ether oxygens (including phenoxy) is 2. The van der Waals surface area contributed by atoms with Gasteiger partial charge in [0.2, 0.25) is 0 Å². The fourth-order valence-electron chi connectivity index (χ4n) is 3.90. The van der Waals surface area contributed by atoms with Gasteiger partial charge in [0.25, 0.3) is 10.0 Å². The molecule has 4 rings (SSSR count). The molecule has 0 atom stereocenters. The van der Waals surface area contributed by atoms with E-state index in [9.17, 15) is 17.2 Å². The summed E-state index contributed by atoms with van der Waals surface area (Å²) in [6.07, 6.45) is 3.06. The standard InChI is InChI=1S/C24H25F3N2O4S/c1-28-13-17-8-24(29(14-17)34(30,31)21-10-18(25)9-19(26)11-21)22-3-2-20(12-23(22)27)33-15-16-4-6-32-7-5-16/h2-3,8-12,14,16,28H,4-7,13,15H2,1H3. The molecular weight excluding hydrogens is 469 g/mol. The van der Waals surface area contributed by atoms with E-state index >= 15 is 4.39 Å². The van der Waals surface area contributed by atoms with Gasteiger partial charge in [-0.3, -0.25) is 0 Å². The van der Waals surface area contributed by atoms with Crippen molar-refractivity contribution in [3.63, 3.8) is 0 Å². The second-order valence-corrected chi connectivity index (χ2v) is 9.99. The first kappa shape index (κ1) is 24.3. The van der Waals surface area contributed by atoms with E-state index in [1.54, 1.807) is 13.1 Å². The largest absolute Gasteiger partial charge is 0.493 e. The van der Waals surface area contributed by atoms with Crippen LogP contribution in [0.25, 0.3) is 11.3 Å². The summed E-state index contributed by atoms with van der Waals surface area (Å²) in [7, 11) is -2.73. The molecule has 0 spiro atoms. The number of nitrogens with zero attached hydrogens (tertiary/aromatic N) is 1. The first-order valence-corrected chi connectivity index (χ1v) is 12.3. The molecule has 1 fully saturated rings. The Hall–Kier alpha value is -2.82. The molecule has 0 radical (unpaired) electrons. The number of hydrogen-bond acceptors (Lipinski definition) is 5. The van der Waals surface area contributed by atoms with Crippen LogP contribution >= 0.6 is 0 Å². The Bertz CT molecular complexity index is 1250. The van der Waals surface area contributed by atoms with E-state index in [0.717, 1.165) is 28.9 Å². The molecule has 0 amide bonds. The lowest BCUT2D eigenvalue weighted by Crippen LogP contribution is -2.21. The average molecular weight is 495 g/mol. The van der Waals surface area contributed by atoms with Gasteiger partial charge in [-0.05, 0) is 61.7 Å². The van der Waals surface area contributed by atoms with Crippen LogP contribution in [0.4, 0.5) is 13.2 Å². The fourth-order valence-corrected chi connectivity index (χ4v) is 5.34. The van der Waals surface area contributed by atoms with Crippen molar-refractivity contribution >= 4 is 10.0 Å². The normalized spacial score (nSPS) is 14.9. The van der Waals surface area contributed by atoms with Crippen LogP contribution in [0.15, 0.2) is 53.6 Å². The monoisotopic (exact) mass is 494 g/mol. The first-order valence-electron chi connectivity index (χ1n) is 10.9. The van der Waals surface area contributed by atoms with Crippen molar-refractivity contribution in [1.29, 1.82) is 0 Å². The quantitative estimate of drug-likeness (QED) is 0.505. The molecule has 6 nitrogen and oxygen atoms in total. The van der Waals surface area contributed by atoms with Gasteiger partial charge in [0.1, 0.15) is 23.2 Å². The van der Waals surface area contributed by atoms with Gasteiger partial charge in [0.05, 0.1) is 17.2 Å². The molecule has 0 aliphatic carbocycles. The third-order valence-corrected chi connectivity index (χ3v) is 7.31. The van der Waals surface area contributed by atoms with Crippen LogP contribution in [-0.4, -0.2) is 39.3 Å². The van der Waals surface area contributed by atoms with Crippen LogP contribution < -0.4 is 10.1 Å². The highest BCUT2D eigenvalue weighted by molar-refractivity contribution is 7.90. The van der Waals surface area contributed by atoms with E-state index in [4.69, 9.17) is 9.47 Å². The minimum atomic E-state index is -4.41. The Kier molecular flexibility index (Phi) is 7.30. The number of aromatic nitrogens is 1. The third-order valence-electron chi connectivity index (χ3n) is 5.66. The molecule has 2 aromatic carbocycles. The minimum Gasteiger partial charge on any atom is -0.493 e. The Morgan fingerprint density at radius 2 is 1.76 bits per heavy atom. The average Bonchev–Trinajstić information content (AvgIpc) is 3.22. The Balaban J connectivity index is 1.68. The second kappa shape index (κ2) is 10.2. The molecule has 0 bridgehead atoms. The smallest absolute Gasteiger partial charge is 0.268 e. The van der Waals surface area contributed by atoms with E-state index in [0.29, 0.717) is 49.7 Å². The van der Waals surface area contributed by atoms with Crippen molar-refractivity contribution in [1.82, 2.24) is 9.29 Å². The summed E-state index contributed by atoms with van der Waals surface area (Å²) in [5.41, 5.74) is 0.599. The maximum atomic E-state index is 15.2. The number of nitrogens with one attached hydrogen (secondary N) is 1. The molecule has 0 saturated carbocycles. The maximum absolute atomic E-state index is 15.2. The Morgan fingerprint density at radius 3 is 2.41 bits per heavy atom. The first-order chi connectivity index (χ1) is 16.3. The van der Waals surface area contributed by atoms with E-state index in [1.807, 2.05) is 0 Å². The highest BCUT2D eigenvalue weighted by Crippen LogP contribution is 2.32. The zero-order valence-electron chi connectivity index (χ0n) is 18.6. The molecule has 1 saturated heterocycles. The van der Waals surface area contributed by atoms with Gasteiger partial charge in [-0.2, -0.15) is 0 Å². The van der Waals surface area contributed by atoms with E-state index in [1.165, 1.54) is 24.4 Å². The highest BCUT2D eigenvalue weighted by atomic mass is 32.2. The molecule has 10 heteroatoms. The zero-order chi connectivity index (χ0) is 24.3. The van der Waals surface area contributed by atoms with E-state index in [2.05, 4.69) is 5.32 Å². The van der Waals surface area contributed by atoms with Gasteiger partial charge in [-0.25, -0.2) is 25.6 Å². The SMILES string of the molecule is CNCc1cc(-c2ccc(OCC3CCOCC3)cc2F)n(S(=O)(=O)c2cc(F)cc(F)c2)c1. The minimum absolute atomic E-state index is 0.0150. The zero-order valence-corrected chi connectivity index (χ0v) is 19.4. The number of benzene rings is 2.